The summed E-state index contributed by atoms with van der Waals surface area (Å²) in [5.41, 5.74) is 0.448. The van der Waals surface area contributed by atoms with Gasteiger partial charge in [-0.15, -0.1) is 0 Å². The van der Waals surface area contributed by atoms with Crippen LogP contribution in [0.1, 0.15) is 53.9 Å². The van der Waals surface area contributed by atoms with Crippen LogP contribution in [0.2, 0.25) is 0 Å². The molecule has 1 unspecified atom stereocenters. The van der Waals surface area contributed by atoms with Gasteiger partial charge in [0, 0.05) is 0 Å². The monoisotopic (exact) mass is 169 g/mol. The largest absolute Gasteiger partial charge is 0.0625 e. The maximum Gasteiger partial charge on any atom is -0.0354 e. The van der Waals surface area contributed by atoms with E-state index in [9.17, 15) is 0 Å². The molecule has 0 saturated heterocycles. The zero-order valence-corrected chi connectivity index (χ0v) is 9.48. The molecule has 1 radical (unpaired) electrons. The summed E-state index contributed by atoms with van der Waals surface area (Å²) in [6.45, 7) is 15.6. The summed E-state index contributed by atoms with van der Waals surface area (Å²) in [4.78, 5) is 0. The van der Waals surface area contributed by atoms with Crippen molar-refractivity contribution in [1.82, 2.24) is 0 Å². The first-order valence-electron chi connectivity index (χ1n) is 5.18. The molecule has 73 valence electrons. The second kappa shape index (κ2) is 4.89. The van der Waals surface area contributed by atoms with Gasteiger partial charge in [0.2, 0.25) is 0 Å². The molecule has 0 aromatic rings. The zero-order chi connectivity index (χ0) is 9.78. The molecule has 0 aromatic heterocycles. The molecule has 0 fully saturated rings. The van der Waals surface area contributed by atoms with Crippen LogP contribution in [0.5, 0.6) is 0 Å². The van der Waals surface area contributed by atoms with Gasteiger partial charge in [-0.2, -0.15) is 0 Å². The van der Waals surface area contributed by atoms with Crippen LogP contribution in [0, 0.1) is 24.2 Å². The molecule has 0 saturated carbocycles. The van der Waals surface area contributed by atoms with E-state index in [0.29, 0.717) is 5.41 Å². The van der Waals surface area contributed by atoms with E-state index in [2.05, 4.69) is 41.5 Å². The highest BCUT2D eigenvalue weighted by molar-refractivity contribution is 4.71. The van der Waals surface area contributed by atoms with E-state index in [1.54, 1.807) is 0 Å². The Bertz CT molecular complexity index is 111. The molecule has 1 atom stereocenters. The molecule has 0 nitrogen and oxygen atoms in total. The normalized spacial score (nSPS) is 15.2. The molecule has 12 heavy (non-hydrogen) atoms. The number of hydrogen-bond acceptors (Lipinski definition) is 0. The molecule has 0 amide bonds. The molecule has 0 N–H and O–H groups in total. The molecular formula is C12H25. The third-order valence-corrected chi connectivity index (χ3v) is 3.09. The van der Waals surface area contributed by atoms with Crippen molar-refractivity contribution in [2.24, 2.45) is 17.3 Å². The lowest BCUT2D eigenvalue weighted by atomic mass is 9.81. The van der Waals surface area contributed by atoms with Crippen molar-refractivity contribution in [3.63, 3.8) is 0 Å². The zero-order valence-electron chi connectivity index (χ0n) is 9.48. The van der Waals surface area contributed by atoms with E-state index in [1.165, 1.54) is 12.8 Å². The van der Waals surface area contributed by atoms with Crippen molar-refractivity contribution < 1.29 is 0 Å². The first-order chi connectivity index (χ1) is 5.39. The van der Waals surface area contributed by atoms with Gasteiger partial charge < -0.3 is 0 Å². The van der Waals surface area contributed by atoms with Crippen molar-refractivity contribution >= 4 is 0 Å². The van der Waals surface area contributed by atoms with Crippen LogP contribution in [0.25, 0.3) is 0 Å². The summed E-state index contributed by atoms with van der Waals surface area (Å²) in [5.74, 6) is 1.68. The quantitative estimate of drug-likeness (QED) is 0.575. The third-order valence-electron chi connectivity index (χ3n) is 3.09. The van der Waals surface area contributed by atoms with E-state index in [0.717, 1.165) is 18.3 Å². The molecule has 0 heterocycles. The Morgan fingerprint density at radius 3 is 2.00 bits per heavy atom. The van der Waals surface area contributed by atoms with Crippen molar-refractivity contribution in [2.75, 3.05) is 0 Å². The molecule has 0 rings (SSSR count). The lowest BCUT2D eigenvalue weighted by Gasteiger charge is -2.25. The van der Waals surface area contributed by atoms with Crippen LogP contribution in [0.4, 0.5) is 0 Å². The molecule has 0 aliphatic heterocycles. The highest BCUT2D eigenvalue weighted by Gasteiger charge is 2.17. The minimum absolute atomic E-state index is 0.448. The van der Waals surface area contributed by atoms with Gasteiger partial charge in [0.25, 0.3) is 0 Å². The SMILES string of the molecule is [CH2]CC(C)(C)CCC(C)C(C)C. The Labute approximate surface area is 78.8 Å². The average molecular weight is 169 g/mol. The van der Waals surface area contributed by atoms with Crippen molar-refractivity contribution in [3.8, 4) is 0 Å². The van der Waals surface area contributed by atoms with Crippen molar-refractivity contribution in [3.05, 3.63) is 6.92 Å². The molecule has 0 aromatic carbocycles. The Kier molecular flexibility index (Phi) is 4.89. The number of rotatable bonds is 5. The van der Waals surface area contributed by atoms with E-state index in [1.807, 2.05) is 0 Å². The fourth-order valence-corrected chi connectivity index (χ4v) is 1.08. The molecule has 0 aliphatic carbocycles. The molecule has 0 bridgehead atoms. The van der Waals surface area contributed by atoms with Gasteiger partial charge in [-0.3, -0.25) is 0 Å². The summed E-state index contributed by atoms with van der Waals surface area (Å²) in [7, 11) is 0. The van der Waals surface area contributed by atoms with Crippen LogP contribution >= 0.6 is 0 Å². The highest BCUT2D eigenvalue weighted by Crippen LogP contribution is 2.29. The van der Waals surface area contributed by atoms with Crippen LogP contribution in [0.3, 0.4) is 0 Å². The van der Waals surface area contributed by atoms with Gasteiger partial charge in [-0.25, -0.2) is 0 Å². The Morgan fingerprint density at radius 2 is 1.67 bits per heavy atom. The standard InChI is InChI=1S/C12H25/c1-7-12(5,6)9-8-11(4)10(2)3/h10-11H,1,7-9H2,2-6H3. The first kappa shape index (κ1) is 12.0. The highest BCUT2D eigenvalue weighted by atomic mass is 14.2. The second-order valence-corrected chi connectivity index (χ2v) is 5.17. The summed E-state index contributed by atoms with van der Waals surface area (Å²) >= 11 is 0. The predicted octanol–water partition coefficient (Wildman–Crippen LogP) is 4.31. The van der Waals surface area contributed by atoms with E-state index >= 15 is 0 Å². The lowest BCUT2D eigenvalue weighted by molar-refractivity contribution is 0.274. The molecular weight excluding hydrogens is 144 g/mol. The summed E-state index contributed by atoms with van der Waals surface area (Å²) in [6.07, 6.45) is 3.72. The van der Waals surface area contributed by atoms with Gasteiger partial charge >= 0.3 is 0 Å². The van der Waals surface area contributed by atoms with Gasteiger partial charge in [-0.05, 0) is 36.5 Å². The minimum atomic E-state index is 0.448. The van der Waals surface area contributed by atoms with E-state index in [-0.39, 0.29) is 0 Å². The van der Waals surface area contributed by atoms with Crippen LogP contribution < -0.4 is 0 Å². The number of hydrogen-bond donors (Lipinski definition) is 0. The van der Waals surface area contributed by atoms with Crippen molar-refractivity contribution in [1.29, 1.82) is 0 Å². The summed E-state index contributed by atoms with van der Waals surface area (Å²) < 4.78 is 0. The predicted molar refractivity (Wildman–Crippen MR) is 57.0 cm³/mol. The maximum absolute atomic E-state index is 3.98. The average Bonchev–Trinajstić information content (AvgIpc) is 2.00. The van der Waals surface area contributed by atoms with Gasteiger partial charge in [0.05, 0.1) is 0 Å². The van der Waals surface area contributed by atoms with Crippen LogP contribution in [-0.2, 0) is 0 Å². The maximum atomic E-state index is 3.98. The van der Waals surface area contributed by atoms with Gasteiger partial charge in [0.1, 0.15) is 0 Å². The topological polar surface area (TPSA) is 0 Å². The summed E-state index contributed by atoms with van der Waals surface area (Å²) in [6, 6.07) is 0. The Morgan fingerprint density at radius 1 is 1.17 bits per heavy atom. The second-order valence-electron chi connectivity index (χ2n) is 5.17. The lowest BCUT2D eigenvalue weighted by Crippen LogP contribution is -2.13. The smallest absolute Gasteiger partial charge is 0.0354 e. The molecule has 0 aliphatic rings. The van der Waals surface area contributed by atoms with E-state index in [4.69, 9.17) is 0 Å². The third kappa shape index (κ3) is 4.79. The molecule has 0 spiro atoms. The van der Waals surface area contributed by atoms with Crippen molar-refractivity contribution in [2.45, 2.75) is 53.9 Å². The van der Waals surface area contributed by atoms with Crippen LogP contribution in [-0.4, -0.2) is 0 Å². The fourth-order valence-electron chi connectivity index (χ4n) is 1.08. The van der Waals surface area contributed by atoms with E-state index < -0.39 is 0 Å². The first-order valence-corrected chi connectivity index (χ1v) is 5.18. The van der Waals surface area contributed by atoms with Gasteiger partial charge in [-0.1, -0.05) is 41.5 Å². The molecule has 0 heteroatoms. The Balaban J connectivity index is 3.67. The fraction of sp³-hybridized carbons (Fsp3) is 0.917. The Hall–Kier alpha value is 0. The van der Waals surface area contributed by atoms with Crippen LogP contribution in [0.15, 0.2) is 0 Å². The summed E-state index contributed by atoms with van der Waals surface area (Å²) in [5, 5.41) is 0. The minimum Gasteiger partial charge on any atom is -0.0625 e. The van der Waals surface area contributed by atoms with Gasteiger partial charge in [0.15, 0.2) is 0 Å².